The number of carbonyl (C=O) groups is 1. The van der Waals surface area contributed by atoms with Crippen LogP contribution in [0.15, 0.2) is 57.7 Å². The van der Waals surface area contributed by atoms with Crippen molar-refractivity contribution in [3.63, 3.8) is 0 Å². The predicted octanol–water partition coefficient (Wildman–Crippen LogP) is 4.86. The van der Waals surface area contributed by atoms with Gasteiger partial charge in [-0.05, 0) is 68.5 Å². The number of rotatable bonds is 5. The molecule has 0 unspecified atom stereocenters. The topological polar surface area (TPSA) is 113 Å². The highest BCUT2D eigenvalue weighted by atomic mass is 16.4. The lowest BCUT2D eigenvalue weighted by Crippen LogP contribution is -2.38. The van der Waals surface area contributed by atoms with E-state index >= 15 is 0 Å². The summed E-state index contributed by atoms with van der Waals surface area (Å²) in [4.78, 5) is 23.8. The maximum Gasteiger partial charge on any atom is 0.266 e. The fourth-order valence-corrected chi connectivity index (χ4v) is 5.06. The van der Waals surface area contributed by atoms with Crippen molar-refractivity contribution in [1.29, 1.82) is 5.26 Å². The number of fused-ring (bicyclic) bond motifs is 1. The van der Waals surface area contributed by atoms with E-state index in [1.807, 2.05) is 35.4 Å². The number of hydrogen-bond donors (Lipinski definition) is 1. The SMILES string of the molecule is N#Cc1nc(-c2ccco2)oc1N1CCC(C(=O)Nc2ccc(-c3ncc4n3CCCC4)cc2)CC1. The third-order valence-corrected chi connectivity index (χ3v) is 7.01. The quantitative estimate of drug-likeness (QED) is 0.432. The summed E-state index contributed by atoms with van der Waals surface area (Å²) in [6, 6.07) is 13.5. The summed E-state index contributed by atoms with van der Waals surface area (Å²) in [5, 5.41) is 12.6. The Hall–Kier alpha value is -4.32. The molecule has 182 valence electrons. The number of nitriles is 1. The lowest BCUT2D eigenvalue weighted by atomic mass is 9.95. The number of nitrogens with zero attached hydrogens (tertiary/aromatic N) is 5. The van der Waals surface area contributed by atoms with E-state index in [1.54, 1.807) is 12.1 Å². The smallest absolute Gasteiger partial charge is 0.266 e. The fourth-order valence-electron chi connectivity index (χ4n) is 5.06. The number of piperidine rings is 1. The molecule has 9 heteroatoms. The number of nitrogens with one attached hydrogen (secondary N) is 1. The minimum absolute atomic E-state index is 0.00921. The van der Waals surface area contributed by atoms with Crippen molar-refractivity contribution >= 4 is 17.5 Å². The molecule has 9 nitrogen and oxygen atoms in total. The van der Waals surface area contributed by atoms with Gasteiger partial charge in [-0.1, -0.05) is 0 Å². The van der Waals surface area contributed by atoms with Crippen molar-refractivity contribution in [2.24, 2.45) is 5.92 Å². The molecule has 2 aliphatic heterocycles. The Morgan fingerprint density at radius 3 is 2.69 bits per heavy atom. The van der Waals surface area contributed by atoms with Gasteiger partial charge in [0.1, 0.15) is 11.9 Å². The first-order valence-electron chi connectivity index (χ1n) is 12.3. The van der Waals surface area contributed by atoms with Crippen LogP contribution in [0, 0.1) is 17.2 Å². The van der Waals surface area contributed by atoms with Crippen LogP contribution in [0.4, 0.5) is 11.6 Å². The number of furan rings is 1. The summed E-state index contributed by atoms with van der Waals surface area (Å²) < 4.78 is 13.5. The van der Waals surface area contributed by atoms with E-state index in [4.69, 9.17) is 8.83 Å². The van der Waals surface area contributed by atoms with Crippen LogP contribution in [0.3, 0.4) is 0 Å². The van der Waals surface area contributed by atoms with E-state index in [2.05, 4.69) is 25.9 Å². The number of imidazole rings is 1. The standard InChI is InChI=1S/C27H26N6O3/c28-16-22-27(36-26(31-22)23-5-3-15-35-23)32-13-10-19(11-14-32)25(34)30-20-8-6-18(7-9-20)24-29-17-21-4-1-2-12-33(21)24/h3,5-9,15,17,19H,1-2,4,10-14H2,(H,30,34). The highest BCUT2D eigenvalue weighted by Crippen LogP contribution is 2.32. The van der Waals surface area contributed by atoms with Crippen molar-refractivity contribution in [2.75, 3.05) is 23.3 Å². The van der Waals surface area contributed by atoms with Crippen LogP contribution < -0.4 is 10.2 Å². The second kappa shape index (κ2) is 9.38. The second-order valence-electron chi connectivity index (χ2n) is 9.27. The van der Waals surface area contributed by atoms with Crippen LogP contribution in [-0.2, 0) is 17.8 Å². The van der Waals surface area contributed by atoms with Crippen molar-refractivity contribution in [1.82, 2.24) is 14.5 Å². The molecule has 6 rings (SSSR count). The third kappa shape index (κ3) is 4.15. The normalized spacial score (nSPS) is 15.9. The Morgan fingerprint density at radius 2 is 1.94 bits per heavy atom. The fraction of sp³-hybridized carbons (Fsp3) is 0.333. The number of amides is 1. The van der Waals surface area contributed by atoms with Crippen molar-refractivity contribution in [3.8, 4) is 29.1 Å². The molecule has 1 saturated heterocycles. The number of carbonyl (C=O) groups excluding carboxylic acids is 1. The minimum Gasteiger partial charge on any atom is -0.459 e. The largest absolute Gasteiger partial charge is 0.459 e. The maximum absolute atomic E-state index is 13.0. The lowest BCUT2D eigenvalue weighted by molar-refractivity contribution is -0.120. The van der Waals surface area contributed by atoms with Crippen LogP contribution in [0.1, 0.15) is 37.1 Å². The Kier molecular flexibility index (Phi) is 5.77. The van der Waals surface area contributed by atoms with Crippen LogP contribution in [-0.4, -0.2) is 33.5 Å². The maximum atomic E-state index is 13.0. The Morgan fingerprint density at radius 1 is 1.11 bits per heavy atom. The molecule has 0 aliphatic carbocycles. The molecular weight excluding hydrogens is 456 g/mol. The average molecular weight is 483 g/mol. The monoisotopic (exact) mass is 482 g/mol. The van der Waals surface area contributed by atoms with Crippen LogP contribution in [0.25, 0.3) is 23.0 Å². The van der Waals surface area contributed by atoms with Gasteiger partial charge < -0.3 is 23.6 Å². The molecule has 4 aromatic rings. The highest BCUT2D eigenvalue weighted by molar-refractivity contribution is 5.93. The zero-order chi connectivity index (χ0) is 24.5. The molecule has 3 aromatic heterocycles. The number of anilines is 2. The summed E-state index contributed by atoms with van der Waals surface area (Å²) in [6.45, 7) is 2.21. The minimum atomic E-state index is -0.113. The number of oxazole rings is 1. The molecule has 1 fully saturated rings. The van der Waals surface area contributed by atoms with Crippen LogP contribution in [0.5, 0.6) is 0 Å². The Labute approximate surface area is 208 Å². The molecule has 0 bridgehead atoms. The van der Waals surface area contributed by atoms with Gasteiger partial charge >= 0.3 is 0 Å². The summed E-state index contributed by atoms with van der Waals surface area (Å²) in [5.74, 6) is 2.08. The van der Waals surface area contributed by atoms with E-state index in [9.17, 15) is 10.1 Å². The molecule has 36 heavy (non-hydrogen) atoms. The summed E-state index contributed by atoms with van der Waals surface area (Å²) in [5.41, 5.74) is 3.36. The number of hydrogen-bond acceptors (Lipinski definition) is 7. The van der Waals surface area contributed by atoms with Crippen LogP contribution in [0.2, 0.25) is 0 Å². The first-order valence-corrected chi connectivity index (χ1v) is 12.3. The van der Waals surface area contributed by atoms with E-state index in [-0.39, 0.29) is 23.4 Å². The number of aryl methyl sites for hydroxylation is 1. The van der Waals surface area contributed by atoms with Gasteiger partial charge in [-0.15, -0.1) is 0 Å². The van der Waals surface area contributed by atoms with Gasteiger partial charge in [-0.25, -0.2) is 4.98 Å². The van der Waals surface area contributed by atoms with Gasteiger partial charge in [-0.2, -0.15) is 10.2 Å². The number of benzene rings is 1. The van der Waals surface area contributed by atoms with Gasteiger partial charge in [0.2, 0.25) is 17.5 Å². The van der Waals surface area contributed by atoms with Crippen LogP contribution >= 0.6 is 0 Å². The van der Waals surface area contributed by atoms with Gasteiger partial charge in [-0.3, -0.25) is 4.79 Å². The molecule has 0 saturated carbocycles. The van der Waals surface area contributed by atoms with E-state index in [1.165, 1.54) is 24.8 Å². The molecule has 5 heterocycles. The molecule has 1 aromatic carbocycles. The number of aromatic nitrogens is 3. The molecule has 0 spiro atoms. The molecule has 0 radical (unpaired) electrons. The van der Waals surface area contributed by atoms with Crippen molar-refractivity contribution < 1.29 is 13.6 Å². The average Bonchev–Trinajstić information content (AvgIpc) is 3.69. The Bertz CT molecular complexity index is 1400. The Balaban J connectivity index is 1.08. The molecule has 1 amide bonds. The molecule has 1 N–H and O–H groups in total. The first kappa shape index (κ1) is 22.2. The molecular formula is C27H26N6O3. The van der Waals surface area contributed by atoms with Gasteiger partial charge in [0.05, 0.1) is 6.26 Å². The summed E-state index contributed by atoms with van der Waals surface area (Å²) in [7, 11) is 0. The lowest BCUT2D eigenvalue weighted by Gasteiger charge is -2.31. The summed E-state index contributed by atoms with van der Waals surface area (Å²) >= 11 is 0. The first-order chi connectivity index (χ1) is 17.7. The third-order valence-electron chi connectivity index (χ3n) is 7.01. The van der Waals surface area contributed by atoms with Gasteiger partial charge in [0.15, 0.2) is 5.76 Å². The predicted molar refractivity (Wildman–Crippen MR) is 133 cm³/mol. The van der Waals surface area contributed by atoms with Gasteiger partial charge in [0.25, 0.3) is 5.89 Å². The van der Waals surface area contributed by atoms with Crippen molar-refractivity contribution in [3.05, 3.63) is 60.2 Å². The molecule has 2 aliphatic rings. The zero-order valence-corrected chi connectivity index (χ0v) is 19.8. The van der Waals surface area contributed by atoms with E-state index in [0.717, 1.165) is 30.0 Å². The van der Waals surface area contributed by atoms with E-state index in [0.29, 0.717) is 37.6 Å². The zero-order valence-electron chi connectivity index (χ0n) is 19.8. The molecule has 0 atom stereocenters. The highest BCUT2D eigenvalue weighted by Gasteiger charge is 2.29. The van der Waals surface area contributed by atoms with Gasteiger partial charge in [0, 0.05) is 48.7 Å². The summed E-state index contributed by atoms with van der Waals surface area (Å²) in [6.07, 6.45) is 8.32. The van der Waals surface area contributed by atoms with Crippen molar-refractivity contribution in [2.45, 2.75) is 38.6 Å². The second-order valence-corrected chi connectivity index (χ2v) is 9.27. The van der Waals surface area contributed by atoms with E-state index < -0.39 is 0 Å².